The highest BCUT2D eigenvalue weighted by Crippen LogP contribution is 2.36. The van der Waals surface area contributed by atoms with E-state index in [1.54, 1.807) is 30.8 Å². The molecule has 1 aliphatic rings. The quantitative estimate of drug-likeness (QED) is 0.421. The number of carbonyl (C=O) groups excluding carboxylic acids is 1. The van der Waals surface area contributed by atoms with Crippen LogP contribution >= 0.6 is 22.9 Å². The molecular weight excluding hydrogens is 480 g/mol. The average Bonchev–Trinajstić information content (AvgIpc) is 3.32. The Hall–Kier alpha value is -3.36. The van der Waals surface area contributed by atoms with Crippen LogP contribution in [0.4, 0.5) is 0 Å². The molecule has 0 atom stereocenters. The standard InChI is InChI=1S/C17H15ClN4S.C9H12N2O/c1-9-10(2)23-17-15(9)16(12-4-6-13(18)7-5-12)19-8-14-21-20-11(3)22(14)17;1-10-9(12)5-4-8-3-2-6-11-7-8/h4-7H,8H2,1-3H3;2-3,6-7H,4-5H2,1H3,(H,10,12). The summed E-state index contributed by atoms with van der Waals surface area (Å²) in [4.78, 5) is 20.9. The van der Waals surface area contributed by atoms with E-state index in [1.807, 2.05) is 43.3 Å². The lowest BCUT2D eigenvalue weighted by molar-refractivity contribution is -0.120. The Kier molecular flexibility index (Phi) is 7.73. The summed E-state index contributed by atoms with van der Waals surface area (Å²) in [6.07, 6.45) is 4.79. The molecule has 7 nitrogen and oxygen atoms in total. The van der Waals surface area contributed by atoms with Crippen LogP contribution in [0.5, 0.6) is 0 Å². The van der Waals surface area contributed by atoms with Gasteiger partial charge in [-0.15, -0.1) is 21.5 Å². The first-order valence-corrected chi connectivity index (χ1v) is 12.5. The maximum Gasteiger partial charge on any atom is 0.220 e. The Bertz CT molecular complexity index is 1360. The topological polar surface area (TPSA) is 85.1 Å². The summed E-state index contributed by atoms with van der Waals surface area (Å²) in [5, 5.41) is 13.0. The van der Waals surface area contributed by atoms with Gasteiger partial charge in [-0.3, -0.25) is 19.3 Å². The molecule has 3 aromatic heterocycles. The van der Waals surface area contributed by atoms with Crippen molar-refractivity contribution in [3.8, 4) is 5.00 Å². The highest BCUT2D eigenvalue weighted by molar-refractivity contribution is 7.15. The van der Waals surface area contributed by atoms with Crippen molar-refractivity contribution >= 4 is 34.6 Å². The fourth-order valence-corrected chi connectivity index (χ4v) is 5.17. The molecule has 0 radical (unpaired) electrons. The van der Waals surface area contributed by atoms with Crippen LogP contribution in [0.1, 0.15) is 45.2 Å². The monoisotopic (exact) mass is 506 g/mol. The molecule has 1 aromatic carbocycles. The van der Waals surface area contributed by atoms with E-state index < -0.39 is 0 Å². The highest BCUT2D eigenvalue weighted by atomic mass is 35.5. The van der Waals surface area contributed by atoms with Gasteiger partial charge < -0.3 is 5.32 Å². The van der Waals surface area contributed by atoms with Gasteiger partial charge >= 0.3 is 0 Å². The first-order chi connectivity index (χ1) is 16.9. The van der Waals surface area contributed by atoms with Crippen LogP contribution in [0.25, 0.3) is 5.00 Å². The number of nitrogens with one attached hydrogen (secondary N) is 1. The van der Waals surface area contributed by atoms with E-state index in [0.717, 1.165) is 44.9 Å². The number of aryl methyl sites for hydroxylation is 3. The van der Waals surface area contributed by atoms with Crippen molar-refractivity contribution < 1.29 is 4.79 Å². The van der Waals surface area contributed by atoms with Gasteiger partial charge in [0.2, 0.25) is 5.91 Å². The molecule has 0 unspecified atom stereocenters. The Labute approximate surface area is 213 Å². The molecule has 0 saturated heterocycles. The van der Waals surface area contributed by atoms with Crippen molar-refractivity contribution in [2.24, 2.45) is 4.99 Å². The van der Waals surface area contributed by atoms with E-state index in [1.165, 1.54) is 16.0 Å². The van der Waals surface area contributed by atoms with Crippen molar-refractivity contribution in [1.29, 1.82) is 0 Å². The molecule has 4 heterocycles. The number of thiophene rings is 1. The zero-order chi connectivity index (χ0) is 24.9. The van der Waals surface area contributed by atoms with E-state index in [4.69, 9.17) is 16.6 Å². The molecule has 1 N–H and O–H groups in total. The number of aromatic nitrogens is 4. The number of nitrogens with zero attached hydrogens (tertiary/aromatic N) is 5. The molecule has 35 heavy (non-hydrogen) atoms. The van der Waals surface area contributed by atoms with Crippen LogP contribution < -0.4 is 5.32 Å². The predicted molar refractivity (Wildman–Crippen MR) is 141 cm³/mol. The predicted octanol–water partition coefficient (Wildman–Crippen LogP) is 5.02. The average molecular weight is 507 g/mol. The van der Waals surface area contributed by atoms with Crippen LogP contribution in [0.15, 0.2) is 53.8 Å². The van der Waals surface area contributed by atoms with Gasteiger partial charge in [0.15, 0.2) is 5.82 Å². The van der Waals surface area contributed by atoms with Gasteiger partial charge in [-0.25, -0.2) is 0 Å². The van der Waals surface area contributed by atoms with Gasteiger partial charge in [0.1, 0.15) is 17.4 Å². The molecule has 0 aliphatic carbocycles. The number of hydrogen-bond acceptors (Lipinski definition) is 6. The third-order valence-corrected chi connectivity index (χ3v) is 7.28. The maximum absolute atomic E-state index is 10.9. The number of amides is 1. The Morgan fingerprint density at radius 2 is 1.91 bits per heavy atom. The van der Waals surface area contributed by atoms with Crippen molar-refractivity contribution in [2.75, 3.05) is 7.05 Å². The maximum atomic E-state index is 10.9. The van der Waals surface area contributed by atoms with E-state index in [9.17, 15) is 4.79 Å². The van der Waals surface area contributed by atoms with E-state index >= 15 is 0 Å². The second kappa shape index (κ2) is 10.9. The first kappa shape index (κ1) is 24.8. The third kappa shape index (κ3) is 5.49. The normalized spacial score (nSPS) is 12.0. The number of rotatable bonds is 4. The number of hydrogen-bond donors (Lipinski definition) is 1. The third-order valence-electron chi connectivity index (χ3n) is 5.84. The van der Waals surface area contributed by atoms with Crippen LogP contribution in [-0.2, 0) is 17.8 Å². The summed E-state index contributed by atoms with van der Waals surface area (Å²) >= 11 is 7.80. The van der Waals surface area contributed by atoms with Gasteiger partial charge in [-0.1, -0.05) is 29.8 Å². The van der Waals surface area contributed by atoms with Gasteiger partial charge in [0, 0.05) is 46.9 Å². The Balaban J connectivity index is 0.000000204. The number of benzene rings is 1. The number of aliphatic imine (C=N–C) groups is 1. The minimum absolute atomic E-state index is 0.0684. The molecule has 5 rings (SSSR count). The number of carbonyl (C=O) groups is 1. The minimum Gasteiger partial charge on any atom is -0.359 e. The summed E-state index contributed by atoms with van der Waals surface area (Å²) in [6.45, 7) is 6.81. The van der Waals surface area contributed by atoms with Crippen molar-refractivity contribution in [3.63, 3.8) is 0 Å². The molecular formula is C26H27ClN6OS. The summed E-state index contributed by atoms with van der Waals surface area (Å²) in [7, 11) is 1.64. The molecule has 180 valence electrons. The summed E-state index contributed by atoms with van der Waals surface area (Å²) in [6, 6.07) is 11.7. The molecule has 0 fully saturated rings. The van der Waals surface area contributed by atoms with E-state index in [2.05, 4.69) is 38.9 Å². The van der Waals surface area contributed by atoms with Crippen LogP contribution in [0.2, 0.25) is 5.02 Å². The van der Waals surface area contributed by atoms with Crippen molar-refractivity contribution in [2.45, 2.75) is 40.2 Å². The number of halogens is 1. The zero-order valence-electron chi connectivity index (χ0n) is 20.2. The largest absolute Gasteiger partial charge is 0.359 e. The van der Waals surface area contributed by atoms with Gasteiger partial charge in [0.05, 0.1) is 5.71 Å². The van der Waals surface area contributed by atoms with Gasteiger partial charge in [-0.2, -0.15) is 0 Å². The summed E-state index contributed by atoms with van der Waals surface area (Å²) in [5.74, 6) is 1.85. The minimum atomic E-state index is 0.0684. The SMILES string of the molecule is CNC(=O)CCc1cccnc1.Cc1sc2c(c1C)C(c1ccc(Cl)cc1)=NCc1nnc(C)n1-2. The molecule has 0 saturated carbocycles. The number of fused-ring (bicyclic) bond motifs is 3. The zero-order valence-corrected chi connectivity index (χ0v) is 21.7. The summed E-state index contributed by atoms with van der Waals surface area (Å²) in [5.41, 5.74) is 5.62. The lowest BCUT2D eigenvalue weighted by Gasteiger charge is -2.09. The molecule has 0 bridgehead atoms. The van der Waals surface area contributed by atoms with Crippen LogP contribution in [-0.4, -0.2) is 38.4 Å². The second-order valence-corrected chi connectivity index (χ2v) is 9.81. The summed E-state index contributed by atoms with van der Waals surface area (Å²) < 4.78 is 2.13. The molecule has 9 heteroatoms. The van der Waals surface area contributed by atoms with E-state index in [-0.39, 0.29) is 5.91 Å². The molecule has 4 aromatic rings. The van der Waals surface area contributed by atoms with Crippen LogP contribution in [0.3, 0.4) is 0 Å². The fourth-order valence-electron chi connectivity index (χ4n) is 3.82. The fraction of sp³-hybridized carbons (Fsp3) is 0.269. The lowest BCUT2D eigenvalue weighted by atomic mass is 10.00. The first-order valence-electron chi connectivity index (χ1n) is 11.3. The van der Waals surface area contributed by atoms with Crippen molar-refractivity contribution in [1.82, 2.24) is 25.1 Å². The Morgan fingerprint density at radius 1 is 1.14 bits per heavy atom. The smallest absolute Gasteiger partial charge is 0.220 e. The highest BCUT2D eigenvalue weighted by Gasteiger charge is 2.26. The van der Waals surface area contributed by atoms with Gasteiger partial charge in [0.25, 0.3) is 0 Å². The number of pyridine rings is 1. The van der Waals surface area contributed by atoms with E-state index in [0.29, 0.717) is 13.0 Å². The second-order valence-electron chi connectivity index (χ2n) is 8.17. The van der Waals surface area contributed by atoms with Crippen molar-refractivity contribution in [3.05, 3.63) is 92.6 Å². The van der Waals surface area contributed by atoms with Crippen LogP contribution in [0, 0.1) is 20.8 Å². The van der Waals surface area contributed by atoms with Gasteiger partial charge in [-0.05, 0) is 56.5 Å². The lowest BCUT2D eigenvalue weighted by Crippen LogP contribution is -2.17. The molecule has 1 amide bonds. The molecule has 1 aliphatic heterocycles. The Morgan fingerprint density at radius 3 is 2.60 bits per heavy atom. The molecule has 0 spiro atoms.